The van der Waals surface area contributed by atoms with Gasteiger partial charge in [0.2, 0.25) is 0 Å². The Labute approximate surface area is 185 Å². The van der Waals surface area contributed by atoms with Crippen LogP contribution in [-0.4, -0.2) is 31.7 Å². The minimum atomic E-state index is -0.197. The maximum atomic E-state index is 12.7. The van der Waals surface area contributed by atoms with E-state index in [1.165, 1.54) is 16.9 Å². The van der Waals surface area contributed by atoms with Gasteiger partial charge in [-0.2, -0.15) is 0 Å². The number of nitrogens with zero attached hydrogens (tertiary/aromatic N) is 3. The number of imidazole rings is 1. The lowest BCUT2D eigenvalue weighted by Gasteiger charge is -2.28. The molecule has 0 bridgehead atoms. The van der Waals surface area contributed by atoms with Crippen molar-refractivity contribution >= 4 is 29.0 Å². The number of hydrogen-bond acceptors (Lipinski definition) is 6. The normalized spacial score (nSPS) is 20.1. The van der Waals surface area contributed by atoms with E-state index < -0.39 is 0 Å². The van der Waals surface area contributed by atoms with E-state index in [9.17, 15) is 4.79 Å². The number of hydrogen-bond donors (Lipinski definition) is 2. The first-order valence-electron chi connectivity index (χ1n) is 10.3. The first kappa shape index (κ1) is 21.1. The number of nitrogens with two attached hydrogens (primary N) is 1. The van der Waals surface area contributed by atoms with E-state index in [-0.39, 0.29) is 18.0 Å². The summed E-state index contributed by atoms with van der Waals surface area (Å²) in [4.78, 5) is 21.6. The molecular formula is C22H27N5OS2. The van der Waals surface area contributed by atoms with Crippen molar-refractivity contribution in [3.05, 3.63) is 64.4 Å². The van der Waals surface area contributed by atoms with E-state index >= 15 is 0 Å². The fourth-order valence-electron chi connectivity index (χ4n) is 3.72. The second kappa shape index (κ2) is 9.76. The van der Waals surface area contributed by atoms with Crippen LogP contribution in [0.5, 0.6) is 0 Å². The summed E-state index contributed by atoms with van der Waals surface area (Å²) >= 11 is 3.30. The molecule has 2 aromatic heterocycles. The predicted molar refractivity (Wildman–Crippen MR) is 122 cm³/mol. The average Bonchev–Trinajstić information content (AvgIpc) is 3.40. The highest BCUT2D eigenvalue weighted by atomic mass is 32.2. The Bertz CT molecular complexity index is 963. The molecule has 1 amide bonds. The van der Waals surface area contributed by atoms with Gasteiger partial charge >= 0.3 is 0 Å². The van der Waals surface area contributed by atoms with Crippen LogP contribution in [0, 0.1) is 0 Å². The maximum Gasteiger partial charge on any atom is 0.270 e. The molecule has 1 saturated carbocycles. The molecule has 3 aromatic rings. The van der Waals surface area contributed by atoms with E-state index in [4.69, 9.17) is 5.73 Å². The van der Waals surface area contributed by atoms with Crippen molar-refractivity contribution in [1.82, 2.24) is 19.9 Å². The van der Waals surface area contributed by atoms with Gasteiger partial charge in [0.05, 0.1) is 6.04 Å². The molecule has 158 valence electrons. The fourth-order valence-corrected chi connectivity index (χ4v) is 5.67. The third-order valence-electron chi connectivity index (χ3n) is 5.43. The van der Waals surface area contributed by atoms with Gasteiger partial charge < -0.3 is 15.6 Å². The number of rotatable bonds is 7. The molecule has 3 N–H and O–H groups in total. The second-order valence-electron chi connectivity index (χ2n) is 7.75. The summed E-state index contributed by atoms with van der Waals surface area (Å²) in [5.74, 6) is -0.0929. The van der Waals surface area contributed by atoms with E-state index in [1.54, 1.807) is 0 Å². The molecule has 0 unspecified atom stereocenters. The number of aromatic nitrogens is 3. The monoisotopic (exact) mass is 441 g/mol. The molecule has 1 atom stereocenters. The first-order chi connectivity index (χ1) is 14.6. The Kier molecular flexibility index (Phi) is 6.86. The van der Waals surface area contributed by atoms with Crippen molar-refractivity contribution in [3.63, 3.8) is 0 Å². The van der Waals surface area contributed by atoms with Crippen LogP contribution in [0.1, 0.15) is 52.8 Å². The van der Waals surface area contributed by atoms with Gasteiger partial charge in [0, 0.05) is 36.1 Å². The maximum absolute atomic E-state index is 12.7. The fraction of sp³-hybridized carbons (Fsp3) is 0.409. The largest absolute Gasteiger partial charge is 0.348 e. The molecular weight excluding hydrogens is 414 g/mol. The van der Waals surface area contributed by atoms with Crippen molar-refractivity contribution in [2.45, 2.75) is 54.6 Å². The molecule has 0 spiro atoms. The second-order valence-corrected chi connectivity index (χ2v) is 9.91. The summed E-state index contributed by atoms with van der Waals surface area (Å²) < 4.78 is 2.06. The Hall–Kier alpha value is -2.16. The summed E-state index contributed by atoms with van der Waals surface area (Å²) in [5.41, 5.74) is 7.96. The number of thioether (sulfide) groups is 1. The third-order valence-corrected chi connectivity index (χ3v) is 7.81. The Morgan fingerprint density at radius 2 is 2.07 bits per heavy atom. The van der Waals surface area contributed by atoms with Gasteiger partial charge in [-0.1, -0.05) is 42.1 Å². The van der Waals surface area contributed by atoms with Crippen LogP contribution in [0.15, 0.2) is 53.3 Å². The smallest absolute Gasteiger partial charge is 0.270 e. The summed E-state index contributed by atoms with van der Waals surface area (Å²) in [6.07, 6.45) is 8.65. The molecule has 0 saturated heterocycles. The van der Waals surface area contributed by atoms with Crippen molar-refractivity contribution < 1.29 is 4.79 Å². The number of thiazole rings is 1. The number of amides is 1. The number of benzene rings is 1. The summed E-state index contributed by atoms with van der Waals surface area (Å²) in [6, 6.07) is 10.1. The third kappa shape index (κ3) is 5.30. The zero-order valence-corrected chi connectivity index (χ0v) is 18.7. The van der Waals surface area contributed by atoms with Crippen LogP contribution in [0.4, 0.5) is 0 Å². The van der Waals surface area contributed by atoms with Crippen LogP contribution in [0.3, 0.4) is 0 Å². The zero-order chi connectivity index (χ0) is 20.9. The molecule has 0 aliphatic heterocycles. The highest BCUT2D eigenvalue weighted by Crippen LogP contribution is 2.32. The quantitative estimate of drug-likeness (QED) is 0.580. The van der Waals surface area contributed by atoms with E-state index in [0.717, 1.165) is 35.8 Å². The molecule has 1 aliphatic rings. The van der Waals surface area contributed by atoms with Gasteiger partial charge in [-0.25, -0.2) is 9.97 Å². The van der Waals surface area contributed by atoms with Gasteiger partial charge in [-0.05, 0) is 37.7 Å². The van der Waals surface area contributed by atoms with Gasteiger partial charge in [-0.15, -0.1) is 11.3 Å². The number of nitrogens with one attached hydrogen (secondary N) is 1. The van der Waals surface area contributed by atoms with Gasteiger partial charge in [0.15, 0.2) is 5.16 Å². The van der Waals surface area contributed by atoms with Crippen molar-refractivity contribution in [1.29, 1.82) is 0 Å². The Morgan fingerprint density at radius 1 is 1.30 bits per heavy atom. The van der Waals surface area contributed by atoms with Gasteiger partial charge in [0.25, 0.3) is 5.91 Å². The molecule has 1 aliphatic carbocycles. The van der Waals surface area contributed by atoms with E-state index in [0.29, 0.717) is 17.4 Å². The molecule has 8 heteroatoms. The lowest BCUT2D eigenvalue weighted by Crippen LogP contribution is -2.38. The molecule has 1 aromatic carbocycles. The van der Waals surface area contributed by atoms with Crippen LogP contribution < -0.4 is 11.1 Å². The topological polar surface area (TPSA) is 85.8 Å². The highest BCUT2D eigenvalue weighted by Gasteiger charge is 2.25. The standard InChI is InChI=1S/C22H27N5OS2/c1-27-12-11-24-22(27)30-17-9-7-16(8-10-17)25-20(28)19-14-29-21(26-19)18(23)13-15-5-3-2-4-6-15/h2-6,11-12,14,16-18H,7-10,13,23H2,1H3,(H,25,28)/t16?,17?,18-/m0/s1. The van der Waals surface area contributed by atoms with Gasteiger partial charge in [0.1, 0.15) is 10.7 Å². The lowest BCUT2D eigenvalue weighted by atomic mass is 9.95. The SMILES string of the molecule is Cn1ccnc1SC1CCC(NC(=O)c2csc([C@@H](N)Cc3ccccc3)n2)CC1. The van der Waals surface area contributed by atoms with Crippen LogP contribution in [0.2, 0.25) is 0 Å². The molecule has 6 nitrogen and oxygen atoms in total. The van der Waals surface area contributed by atoms with Gasteiger partial charge in [-0.3, -0.25) is 4.79 Å². The lowest BCUT2D eigenvalue weighted by molar-refractivity contribution is 0.0923. The molecule has 1 fully saturated rings. The summed E-state index contributed by atoms with van der Waals surface area (Å²) in [6.45, 7) is 0. The van der Waals surface area contributed by atoms with Crippen molar-refractivity contribution in [2.75, 3.05) is 0 Å². The average molecular weight is 442 g/mol. The minimum absolute atomic E-state index is 0.0929. The Balaban J connectivity index is 1.26. The molecule has 0 radical (unpaired) electrons. The van der Waals surface area contributed by atoms with E-state index in [2.05, 4.69) is 32.0 Å². The van der Waals surface area contributed by atoms with Crippen LogP contribution >= 0.6 is 23.1 Å². The minimum Gasteiger partial charge on any atom is -0.348 e. The van der Waals surface area contributed by atoms with E-state index in [1.807, 2.05) is 54.8 Å². The first-order valence-corrected chi connectivity index (χ1v) is 12.0. The number of carbonyl (C=O) groups excluding carboxylic acids is 1. The number of aryl methyl sites for hydroxylation is 1. The molecule has 30 heavy (non-hydrogen) atoms. The highest BCUT2D eigenvalue weighted by molar-refractivity contribution is 7.99. The van der Waals surface area contributed by atoms with Crippen molar-refractivity contribution in [3.8, 4) is 0 Å². The number of carbonyl (C=O) groups is 1. The molecule has 4 rings (SSSR count). The van der Waals surface area contributed by atoms with Crippen molar-refractivity contribution in [2.24, 2.45) is 12.8 Å². The van der Waals surface area contributed by atoms with Crippen LogP contribution in [-0.2, 0) is 13.5 Å². The van der Waals surface area contributed by atoms with Crippen LogP contribution in [0.25, 0.3) is 0 Å². The summed E-state index contributed by atoms with van der Waals surface area (Å²) in [7, 11) is 2.02. The zero-order valence-electron chi connectivity index (χ0n) is 17.0. The Morgan fingerprint density at radius 3 is 2.77 bits per heavy atom. The molecule has 2 heterocycles. The summed E-state index contributed by atoms with van der Waals surface area (Å²) in [5, 5.41) is 7.40. The predicted octanol–water partition coefficient (Wildman–Crippen LogP) is 3.95.